The summed E-state index contributed by atoms with van der Waals surface area (Å²) in [5, 5.41) is 0. The standard InChI is InChI=1S/C13H10O6/c1-5-2-6(7-4-9(14)18-11(7)15)3-8-10(5)13(17)19-12(8)16/h2,4,6,8,10H,3H2,1H3. The Morgan fingerprint density at radius 2 is 1.84 bits per heavy atom. The lowest BCUT2D eigenvalue weighted by Gasteiger charge is -2.25. The van der Waals surface area contributed by atoms with E-state index in [1.165, 1.54) is 0 Å². The zero-order valence-electron chi connectivity index (χ0n) is 10.0. The van der Waals surface area contributed by atoms with E-state index >= 15 is 0 Å². The largest absolute Gasteiger partial charge is 0.392 e. The molecule has 2 aliphatic heterocycles. The summed E-state index contributed by atoms with van der Waals surface area (Å²) >= 11 is 0. The number of hydrogen-bond acceptors (Lipinski definition) is 6. The van der Waals surface area contributed by atoms with Crippen LogP contribution in [0.2, 0.25) is 0 Å². The minimum Gasteiger partial charge on any atom is -0.392 e. The SMILES string of the molecule is CC1=CC(C2=CC(=O)OC2=O)CC2C(=O)OC(=O)C12. The van der Waals surface area contributed by atoms with Crippen molar-refractivity contribution in [2.45, 2.75) is 13.3 Å². The lowest BCUT2D eigenvalue weighted by atomic mass is 9.74. The Morgan fingerprint density at radius 1 is 1.11 bits per heavy atom. The number of hydrogen-bond donors (Lipinski definition) is 0. The molecule has 0 aromatic heterocycles. The third-order valence-electron chi connectivity index (χ3n) is 3.72. The van der Waals surface area contributed by atoms with Gasteiger partial charge in [0, 0.05) is 12.0 Å². The van der Waals surface area contributed by atoms with E-state index in [-0.39, 0.29) is 12.0 Å². The predicted octanol–water partition coefficient (Wildman–Crippen LogP) is 0.278. The Morgan fingerprint density at radius 3 is 2.47 bits per heavy atom. The molecule has 0 saturated carbocycles. The molecule has 0 radical (unpaired) electrons. The van der Waals surface area contributed by atoms with Gasteiger partial charge in [-0.25, -0.2) is 9.59 Å². The van der Waals surface area contributed by atoms with Gasteiger partial charge < -0.3 is 9.47 Å². The van der Waals surface area contributed by atoms with Crippen molar-refractivity contribution in [3.63, 3.8) is 0 Å². The van der Waals surface area contributed by atoms with Gasteiger partial charge in [0.05, 0.1) is 17.4 Å². The second-order valence-electron chi connectivity index (χ2n) is 4.89. The second-order valence-corrected chi connectivity index (χ2v) is 4.89. The van der Waals surface area contributed by atoms with E-state index < -0.39 is 41.6 Å². The Labute approximate surface area is 108 Å². The molecular formula is C13H10O6. The Bertz CT molecular complexity index is 582. The van der Waals surface area contributed by atoms with Gasteiger partial charge in [-0.05, 0) is 13.3 Å². The number of carbonyl (C=O) groups is 4. The summed E-state index contributed by atoms with van der Waals surface area (Å²) in [4.78, 5) is 45.7. The zero-order valence-corrected chi connectivity index (χ0v) is 10.0. The number of carbonyl (C=O) groups excluding carboxylic acids is 4. The first kappa shape index (κ1) is 11.8. The predicted molar refractivity (Wildman–Crippen MR) is 59.1 cm³/mol. The number of rotatable bonds is 1. The minimum absolute atomic E-state index is 0.231. The highest BCUT2D eigenvalue weighted by molar-refractivity contribution is 6.09. The zero-order chi connectivity index (χ0) is 13.7. The fraction of sp³-hybridized carbons (Fsp3) is 0.385. The van der Waals surface area contributed by atoms with Crippen molar-refractivity contribution in [3.8, 4) is 0 Å². The van der Waals surface area contributed by atoms with Crippen LogP contribution < -0.4 is 0 Å². The Balaban J connectivity index is 1.95. The van der Waals surface area contributed by atoms with E-state index in [0.717, 1.165) is 6.08 Å². The van der Waals surface area contributed by atoms with Crippen molar-refractivity contribution < 1.29 is 28.7 Å². The highest BCUT2D eigenvalue weighted by atomic mass is 16.6. The van der Waals surface area contributed by atoms with Crippen molar-refractivity contribution in [1.82, 2.24) is 0 Å². The Kier molecular flexibility index (Phi) is 2.41. The summed E-state index contributed by atoms with van der Waals surface area (Å²) in [7, 11) is 0. The van der Waals surface area contributed by atoms with E-state index in [1.54, 1.807) is 13.0 Å². The van der Waals surface area contributed by atoms with Gasteiger partial charge in [-0.15, -0.1) is 0 Å². The van der Waals surface area contributed by atoms with Crippen LogP contribution in [0, 0.1) is 17.8 Å². The molecule has 98 valence electrons. The molecule has 0 N–H and O–H groups in total. The fourth-order valence-corrected chi connectivity index (χ4v) is 2.88. The highest BCUT2D eigenvalue weighted by Crippen LogP contribution is 2.42. The van der Waals surface area contributed by atoms with Crippen LogP contribution >= 0.6 is 0 Å². The molecule has 1 saturated heterocycles. The topological polar surface area (TPSA) is 86.7 Å². The van der Waals surface area contributed by atoms with Crippen molar-refractivity contribution in [3.05, 3.63) is 23.3 Å². The van der Waals surface area contributed by atoms with Gasteiger partial charge in [0.1, 0.15) is 0 Å². The first-order valence-corrected chi connectivity index (χ1v) is 5.89. The number of cyclic esters (lactones) is 4. The van der Waals surface area contributed by atoms with E-state index in [0.29, 0.717) is 5.57 Å². The van der Waals surface area contributed by atoms with Gasteiger partial charge in [0.15, 0.2) is 0 Å². The molecule has 3 atom stereocenters. The monoisotopic (exact) mass is 262 g/mol. The molecule has 0 aromatic carbocycles. The first-order valence-electron chi connectivity index (χ1n) is 5.89. The van der Waals surface area contributed by atoms with E-state index in [1.807, 2.05) is 0 Å². The molecule has 6 heteroatoms. The molecule has 19 heavy (non-hydrogen) atoms. The molecule has 0 amide bonds. The van der Waals surface area contributed by atoms with Gasteiger partial charge in [-0.1, -0.05) is 11.6 Å². The third-order valence-corrected chi connectivity index (χ3v) is 3.72. The number of fused-ring (bicyclic) bond motifs is 1. The lowest BCUT2D eigenvalue weighted by molar-refractivity contribution is -0.154. The summed E-state index contributed by atoms with van der Waals surface area (Å²) in [5.74, 6) is -4.01. The lowest BCUT2D eigenvalue weighted by Crippen LogP contribution is -2.28. The molecule has 1 aliphatic carbocycles. The van der Waals surface area contributed by atoms with Gasteiger partial charge in [-0.2, -0.15) is 0 Å². The molecule has 3 unspecified atom stereocenters. The van der Waals surface area contributed by atoms with Crippen LogP contribution in [0.5, 0.6) is 0 Å². The quantitative estimate of drug-likeness (QED) is 0.383. The normalized spacial score (nSPS) is 33.6. The summed E-state index contributed by atoms with van der Waals surface area (Å²) in [5.41, 5.74) is 0.917. The van der Waals surface area contributed by atoms with Gasteiger partial charge in [-0.3, -0.25) is 9.59 Å². The van der Waals surface area contributed by atoms with Gasteiger partial charge in [0.2, 0.25) is 0 Å². The average Bonchev–Trinajstić information content (AvgIpc) is 2.80. The van der Waals surface area contributed by atoms with Crippen LogP contribution in [-0.2, 0) is 28.7 Å². The fourth-order valence-electron chi connectivity index (χ4n) is 2.88. The molecule has 3 rings (SSSR count). The van der Waals surface area contributed by atoms with E-state index in [4.69, 9.17) is 0 Å². The van der Waals surface area contributed by atoms with Crippen LogP contribution in [-0.4, -0.2) is 23.9 Å². The molecular weight excluding hydrogens is 252 g/mol. The summed E-state index contributed by atoms with van der Waals surface area (Å²) in [6, 6.07) is 0. The number of ether oxygens (including phenoxy) is 2. The van der Waals surface area contributed by atoms with E-state index in [9.17, 15) is 19.2 Å². The van der Waals surface area contributed by atoms with Crippen molar-refractivity contribution >= 4 is 23.9 Å². The third kappa shape index (κ3) is 1.71. The van der Waals surface area contributed by atoms with Gasteiger partial charge in [0.25, 0.3) is 0 Å². The van der Waals surface area contributed by atoms with Gasteiger partial charge >= 0.3 is 23.9 Å². The molecule has 3 aliphatic rings. The summed E-state index contributed by atoms with van der Waals surface area (Å²) in [6.07, 6.45) is 3.15. The molecule has 6 nitrogen and oxygen atoms in total. The maximum atomic E-state index is 11.6. The smallest absolute Gasteiger partial charge is 0.342 e. The molecule has 2 heterocycles. The molecule has 0 spiro atoms. The minimum atomic E-state index is -0.696. The Hall–Kier alpha value is -2.24. The van der Waals surface area contributed by atoms with Crippen LogP contribution in [0.25, 0.3) is 0 Å². The van der Waals surface area contributed by atoms with Crippen molar-refractivity contribution in [1.29, 1.82) is 0 Å². The number of esters is 4. The van der Waals surface area contributed by atoms with Crippen LogP contribution in [0.4, 0.5) is 0 Å². The van der Waals surface area contributed by atoms with E-state index in [2.05, 4.69) is 9.47 Å². The molecule has 1 fully saturated rings. The van der Waals surface area contributed by atoms with Crippen LogP contribution in [0.3, 0.4) is 0 Å². The van der Waals surface area contributed by atoms with Crippen molar-refractivity contribution in [2.75, 3.05) is 0 Å². The first-order chi connectivity index (χ1) is 8.97. The average molecular weight is 262 g/mol. The second kappa shape index (κ2) is 3.88. The highest BCUT2D eigenvalue weighted by Gasteiger charge is 2.49. The molecule has 0 bridgehead atoms. The maximum Gasteiger partial charge on any atom is 0.342 e. The summed E-state index contributed by atoms with van der Waals surface area (Å²) in [6.45, 7) is 1.71. The summed E-state index contributed by atoms with van der Waals surface area (Å²) < 4.78 is 9.06. The maximum absolute atomic E-state index is 11.6. The van der Waals surface area contributed by atoms with Crippen LogP contribution in [0.1, 0.15) is 13.3 Å². The number of allylic oxidation sites excluding steroid dienone is 1. The van der Waals surface area contributed by atoms with Crippen LogP contribution in [0.15, 0.2) is 23.3 Å². The van der Waals surface area contributed by atoms with Crippen molar-refractivity contribution in [2.24, 2.45) is 17.8 Å². The molecule has 0 aromatic rings.